The third-order valence-corrected chi connectivity index (χ3v) is 8.13. The molecule has 0 saturated heterocycles. The Morgan fingerprint density at radius 1 is 1.02 bits per heavy atom. The lowest BCUT2D eigenvalue weighted by atomic mass is 9.95. The normalized spacial score (nSPS) is 14.9. The van der Waals surface area contributed by atoms with E-state index >= 15 is 0 Å². The van der Waals surface area contributed by atoms with E-state index in [2.05, 4.69) is 4.99 Å². The number of hydrogen-bond donors (Lipinski definition) is 0. The van der Waals surface area contributed by atoms with Gasteiger partial charge in [-0.15, -0.1) is 0 Å². The molecule has 40 heavy (non-hydrogen) atoms. The average Bonchev–Trinajstić information content (AvgIpc) is 3.27. The lowest BCUT2D eigenvalue weighted by Crippen LogP contribution is -2.39. The Labute approximate surface area is 244 Å². The molecule has 0 saturated carbocycles. The van der Waals surface area contributed by atoms with Gasteiger partial charge in [-0.1, -0.05) is 77.0 Å². The number of carbonyl (C=O) groups excluding carboxylic acids is 1. The minimum absolute atomic E-state index is 0.260. The quantitative estimate of drug-likeness (QED) is 0.271. The van der Waals surface area contributed by atoms with Crippen LogP contribution in [0.5, 0.6) is 11.5 Å². The van der Waals surface area contributed by atoms with Gasteiger partial charge >= 0.3 is 5.97 Å². The van der Waals surface area contributed by atoms with Crippen molar-refractivity contribution in [1.29, 1.82) is 0 Å². The molecule has 0 spiro atoms. The Hall–Kier alpha value is -3.85. The van der Waals surface area contributed by atoms with Crippen molar-refractivity contribution < 1.29 is 19.0 Å². The number of methoxy groups -OCH3 is 2. The molecule has 7 nitrogen and oxygen atoms in total. The van der Waals surface area contributed by atoms with E-state index in [1.165, 1.54) is 23.0 Å². The zero-order valence-corrected chi connectivity index (χ0v) is 24.1. The Morgan fingerprint density at radius 2 is 1.80 bits per heavy atom. The maximum Gasteiger partial charge on any atom is 0.338 e. The van der Waals surface area contributed by atoms with Gasteiger partial charge in [0.15, 0.2) is 16.3 Å². The number of carbonyl (C=O) groups is 1. The maximum absolute atomic E-state index is 13.8. The highest BCUT2D eigenvalue weighted by Crippen LogP contribution is 2.36. The molecule has 1 aliphatic heterocycles. The lowest BCUT2D eigenvalue weighted by Gasteiger charge is -2.25. The summed E-state index contributed by atoms with van der Waals surface area (Å²) in [5.41, 5.74) is 2.77. The van der Waals surface area contributed by atoms with E-state index in [4.69, 9.17) is 37.4 Å². The standard InChI is InChI=1S/C30H24Cl2N2O5S/c1-17-26(29(36)38-3)27(20-10-12-23(24(15-20)37-2)39-16-18-7-5-4-6-8-18)34-28(35)25(40-30(34)33-17)14-19-9-11-21(31)22(32)13-19/h4-15,27H,16H2,1-3H3. The number of benzene rings is 3. The van der Waals surface area contributed by atoms with E-state index in [-0.39, 0.29) is 11.1 Å². The van der Waals surface area contributed by atoms with Crippen LogP contribution in [0.25, 0.3) is 6.08 Å². The number of nitrogens with zero attached hydrogens (tertiary/aromatic N) is 2. The molecule has 0 bridgehead atoms. The summed E-state index contributed by atoms with van der Waals surface area (Å²) in [6, 6.07) is 19.5. The molecule has 1 aromatic heterocycles. The van der Waals surface area contributed by atoms with Crippen molar-refractivity contribution in [3.05, 3.63) is 124 Å². The molecule has 1 unspecified atom stereocenters. The number of ether oxygens (including phenoxy) is 3. The topological polar surface area (TPSA) is 79.1 Å². The Morgan fingerprint density at radius 3 is 2.50 bits per heavy atom. The van der Waals surface area contributed by atoms with Gasteiger partial charge in [0.2, 0.25) is 0 Å². The molecule has 4 aromatic rings. The number of thiazole rings is 1. The average molecular weight is 596 g/mol. The largest absolute Gasteiger partial charge is 0.493 e. The van der Waals surface area contributed by atoms with Crippen LogP contribution < -0.4 is 24.4 Å². The van der Waals surface area contributed by atoms with Gasteiger partial charge in [-0.2, -0.15) is 0 Å². The SMILES string of the molecule is COC(=O)C1=C(C)N=c2sc(=Cc3ccc(Cl)c(Cl)c3)c(=O)n2C1c1ccc(OCc2ccccc2)c(OC)c1. The second-order valence-corrected chi connectivity index (χ2v) is 10.8. The van der Waals surface area contributed by atoms with E-state index in [1.807, 2.05) is 36.4 Å². The summed E-state index contributed by atoms with van der Waals surface area (Å²) in [6.07, 6.45) is 1.72. The summed E-state index contributed by atoms with van der Waals surface area (Å²) in [5.74, 6) is 0.418. The smallest absolute Gasteiger partial charge is 0.338 e. The van der Waals surface area contributed by atoms with Gasteiger partial charge in [0.1, 0.15) is 6.61 Å². The van der Waals surface area contributed by atoms with Gasteiger partial charge < -0.3 is 14.2 Å². The second kappa shape index (κ2) is 11.7. The van der Waals surface area contributed by atoms with Crippen LogP contribution in [-0.4, -0.2) is 24.8 Å². The molecule has 1 aliphatic rings. The van der Waals surface area contributed by atoms with Crippen molar-refractivity contribution >= 4 is 46.6 Å². The summed E-state index contributed by atoms with van der Waals surface area (Å²) in [6.45, 7) is 2.08. The monoisotopic (exact) mass is 594 g/mol. The molecule has 0 amide bonds. The van der Waals surface area contributed by atoms with Gasteiger partial charge in [0.25, 0.3) is 5.56 Å². The number of allylic oxidation sites excluding steroid dienone is 1. The Kier molecular flexibility index (Phi) is 8.12. The van der Waals surface area contributed by atoms with Crippen LogP contribution in [0.4, 0.5) is 0 Å². The number of rotatable bonds is 7. The van der Waals surface area contributed by atoms with E-state index < -0.39 is 12.0 Å². The highest BCUT2D eigenvalue weighted by molar-refractivity contribution is 7.07. The number of fused-ring (bicyclic) bond motifs is 1. The maximum atomic E-state index is 13.8. The van der Waals surface area contributed by atoms with Crippen LogP contribution >= 0.6 is 34.5 Å². The molecule has 204 valence electrons. The highest BCUT2D eigenvalue weighted by atomic mass is 35.5. The van der Waals surface area contributed by atoms with Crippen molar-refractivity contribution in [3.8, 4) is 11.5 Å². The fraction of sp³-hybridized carbons (Fsp3) is 0.167. The number of hydrogen-bond acceptors (Lipinski definition) is 7. The summed E-state index contributed by atoms with van der Waals surface area (Å²) < 4.78 is 18.7. The van der Waals surface area contributed by atoms with Crippen LogP contribution in [0.2, 0.25) is 10.0 Å². The van der Waals surface area contributed by atoms with Crippen LogP contribution in [0.3, 0.4) is 0 Å². The van der Waals surface area contributed by atoms with Crippen molar-refractivity contribution in [3.63, 3.8) is 0 Å². The van der Waals surface area contributed by atoms with Crippen LogP contribution in [-0.2, 0) is 16.1 Å². The van der Waals surface area contributed by atoms with Gasteiger partial charge in [0.05, 0.1) is 46.1 Å². The molecule has 1 atom stereocenters. The predicted molar refractivity (Wildman–Crippen MR) is 156 cm³/mol. The van der Waals surface area contributed by atoms with Crippen molar-refractivity contribution in [1.82, 2.24) is 4.57 Å². The lowest BCUT2D eigenvalue weighted by molar-refractivity contribution is -0.136. The Bertz CT molecular complexity index is 1810. The fourth-order valence-electron chi connectivity index (χ4n) is 4.47. The zero-order valence-electron chi connectivity index (χ0n) is 21.8. The number of aromatic nitrogens is 1. The predicted octanol–water partition coefficient (Wildman–Crippen LogP) is 5.30. The summed E-state index contributed by atoms with van der Waals surface area (Å²) >= 11 is 13.5. The summed E-state index contributed by atoms with van der Waals surface area (Å²) in [4.78, 5) is 31.8. The Balaban J connectivity index is 1.62. The van der Waals surface area contributed by atoms with Crippen molar-refractivity contribution in [2.75, 3.05) is 14.2 Å². The molecule has 0 N–H and O–H groups in total. The molecule has 3 aromatic carbocycles. The first-order valence-electron chi connectivity index (χ1n) is 12.2. The van der Waals surface area contributed by atoms with Crippen molar-refractivity contribution in [2.24, 2.45) is 4.99 Å². The molecule has 0 aliphatic carbocycles. The minimum Gasteiger partial charge on any atom is -0.493 e. The molecule has 0 fully saturated rings. The third kappa shape index (κ3) is 5.43. The molecule has 0 radical (unpaired) electrons. The first-order chi connectivity index (χ1) is 19.3. The van der Waals surface area contributed by atoms with Gasteiger partial charge in [0, 0.05) is 0 Å². The van der Waals surface area contributed by atoms with E-state index in [1.54, 1.807) is 50.4 Å². The van der Waals surface area contributed by atoms with Gasteiger partial charge in [-0.05, 0) is 54.0 Å². The first-order valence-corrected chi connectivity index (χ1v) is 13.8. The molecule has 2 heterocycles. The molecule has 5 rings (SSSR count). The van der Waals surface area contributed by atoms with Crippen molar-refractivity contribution in [2.45, 2.75) is 19.6 Å². The number of esters is 1. The second-order valence-electron chi connectivity index (χ2n) is 8.93. The van der Waals surface area contributed by atoms with E-state index in [0.717, 1.165) is 5.56 Å². The minimum atomic E-state index is -0.795. The summed E-state index contributed by atoms with van der Waals surface area (Å²) in [5, 5.41) is 0.801. The zero-order chi connectivity index (χ0) is 28.4. The fourth-order valence-corrected chi connectivity index (χ4v) is 5.82. The molecular formula is C30H24Cl2N2O5S. The van der Waals surface area contributed by atoms with E-state index in [0.29, 0.717) is 54.3 Å². The third-order valence-electron chi connectivity index (χ3n) is 6.41. The summed E-state index contributed by atoms with van der Waals surface area (Å²) in [7, 11) is 2.84. The number of halogens is 2. The van der Waals surface area contributed by atoms with E-state index in [9.17, 15) is 9.59 Å². The molecular weight excluding hydrogens is 571 g/mol. The first kappa shape index (κ1) is 27.7. The molecule has 10 heteroatoms. The van der Waals surface area contributed by atoms with Gasteiger partial charge in [-0.25, -0.2) is 9.79 Å². The van der Waals surface area contributed by atoms with Crippen LogP contribution in [0.15, 0.2) is 87.8 Å². The van der Waals surface area contributed by atoms with Crippen LogP contribution in [0.1, 0.15) is 29.7 Å². The van der Waals surface area contributed by atoms with Crippen LogP contribution in [0, 0.1) is 0 Å². The highest BCUT2D eigenvalue weighted by Gasteiger charge is 2.33. The van der Waals surface area contributed by atoms with Gasteiger partial charge in [-0.3, -0.25) is 9.36 Å².